The van der Waals surface area contributed by atoms with Crippen LogP contribution in [-0.2, 0) is 0 Å². The van der Waals surface area contributed by atoms with Crippen LogP contribution >= 0.6 is 31.9 Å². The molecule has 0 saturated carbocycles. The second-order valence-corrected chi connectivity index (χ2v) is 5.28. The molecule has 8 heteroatoms. The van der Waals surface area contributed by atoms with Crippen LogP contribution in [0.25, 0.3) is 5.65 Å². The molecule has 0 aromatic carbocycles. The molecule has 0 atom stereocenters. The van der Waals surface area contributed by atoms with Gasteiger partial charge in [0.1, 0.15) is 12.1 Å². The van der Waals surface area contributed by atoms with Gasteiger partial charge in [0.25, 0.3) is 0 Å². The maximum atomic E-state index is 5.09. The fraction of sp³-hybridized carbons (Fsp3) is 0. The molecule has 3 aromatic heterocycles. The van der Waals surface area contributed by atoms with Crippen molar-refractivity contribution in [2.45, 2.75) is 0 Å². The Morgan fingerprint density at radius 1 is 1.16 bits per heavy atom. The van der Waals surface area contributed by atoms with E-state index in [-0.39, 0.29) is 0 Å². The third-order valence-electron chi connectivity index (χ3n) is 2.13. The molecule has 3 rings (SSSR count). The summed E-state index contributed by atoms with van der Waals surface area (Å²) in [6.45, 7) is 0. The Morgan fingerprint density at radius 2 is 1.95 bits per heavy atom. The molecule has 98 valence electrons. The molecule has 0 amide bonds. The summed E-state index contributed by atoms with van der Waals surface area (Å²) >= 11 is 6.60. The van der Waals surface area contributed by atoms with Gasteiger partial charge in [-0.1, -0.05) is 31.9 Å². The van der Waals surface area contributed by atoms with Gasteiger partial charge in [-0.15, -0.1) is 10.2 Å². The number of nitrogens with one attached hydrogen (secondary N) is 1. The number of nitrogens with zero attached hydrogens (tertiary/aromatic N) is 4. The number of hydrogen-bond acceptors (Lipinski definition) is 5. The Bertz CT molecular complexity index is 669. The van der Waals surface area contributed by atoms with Crippen LogP contribution in [0.5, 0.6) is 0 Å². The van der Waals surface area contributed by atoms with E-state index in [4.69, 9.17) is 5.84 Å². The highest BCUT2D eigenvalue weighted by atomic mass is 79.9. The van der Waals surface area contributed by atoms with Gasteiger partial charge >= 0.3 is 0 Å². The molecule has 0 bridgehead atoms. The maximum absolute atomic E-state index is 5.09. The number of hydrogen-bond donors (Lipinski definition) is 2. The molecule has 6 nitrogen and oxygen atoms in total. The van der Waals surface area contributed by atoms with E-state index < -0.39 is 0 Å². The fourth-order valence-corrected chi connectivity index (χ4v) is 1.93. The van der Waals surface area contributed by atoms with Crippen molar-refractivity contribution in [3.8, 4) is 0 Å². The highest BCUT2D eigenvalue weighted by Gasteiger charge is 1.92. The number of rotatable bonds is 1. The first-order chi connectivity index (χ1) is 9.19. The Kier molecular flexibility index (Phi) is 4.83. The van der Waals surface area contributed by atoms with Crippen molar-refractivity contribution in [1.82, 2.24) is 19.6 Å². The summed E-state index contributed by atoms with van der Waals surface area (Å²) in [5.74, 6) is 5.74. The second-order valence-electron chi connectivity index (χ2n) is 3.45. The Balaban J connectivity index is 0.000000141. The third kappa shape index (κ3) is 3.98. The fourth-order valence-electron chi connectivity index (χ4n) is 1.28. The molecule has 3 N–H and O–H groups in total. The van der Waals surface area contributed by atoms with Gasteiger partial charge in [0, 0.05) is 21.3 Å². The van der Waals surface area contributed by atoms with Gasteiger partial charge in [-0.3, -0.25) is 4.40 Å². The van der Waals surface area contributed by atoms with Gasteiger partial charge in [-0.2, -0.15) is 0 Å². The smallest absolute Gasteiger partial charge is 0.161 e. The first-order valence-electron chi connectivity index (χ1n) is 5.22. The predicted molar refractivity (Wildman–Crippen MR) is 80.4 cm³/mol. The van der Waals surface area contributed by atoms with Crippen LogP contribution in [-0.4, -0.2) is 19.6 Å². The standard InChI is InChI=1S/C6H4BrN3.C5H6BrN3/c7-5-1-2-10-4-8-9-6(10)3-5;6-4-1-2-8-5(3-4)9-7/h1-4H;1-3H,7H2,(H,8,9). The molecule has 0 spiro atoms. The number of halogens is 2. The van der Waals surface area contributed by atoms with Crippen LogP contribution < -0.4 is 11.3 Å². The number of nitrogens with two attached hydrogens (primary N) is 1. The van der Waals surface area contributed by atoms with Gasteiger partial charge in [-0.05, 0) is 24.3 Å². The van der Waals surface area contributed by atoms with Crippen LogP contribution in [0.4, 0.5) is 5.82 Å². The first-order valence-corrected chi connectivity index (χ1v) is 6.80. The summed E-state index contributed by atoms with van der Waals surface area (Å²) in [5.41, 5.74) is 3.28. The summed E-state index contributed by atoms with van der Waals surface area (Å²) < 4.78 is 3.84. The lowest BCUT2D eigenvalue weighted by Gasteiger charge is -1.95. The van der Waals surface area contributed by atoms with Crippen molar-refractivity contribution < 1.29 is 0 Å². The van der Waals surface area contributed by atoms with E-state index in [1.165, 1.54) is 0 Å². The van der Waals surface area contributed by atoms with E-state index in [2.05, 4.69) is 52.5 Å². The molecule has 0 aliphatic rings. The van der Waals surface area contributed by atoms with Crippen LogP contribution in [0.3, 0.4) is 0 Å². The van der Waals surface area contributed by atoms with Crippen LogP contribution in [0.2, 0.25) is 0 Å². The van der Waals surface area contributed by atoms with E-state index in [0.717, 1.165) is 14.6 Å². The SMILES string of the molecule is Brc1ccn2cnnc2c1.NNc1cc(Br)ccn1. The number of pyridine rings is 2. The third-order valence-corrected chi connectivity index (χ3v) is 3.12. The molecule has 0 fully saturated rings. The van der Waals surface area contributed by atoms with Crippen LogP contribution in [0.1, 0.15) is 0 Å². The highest BCUT2D eigenvalue weighted by molar-refractivity contribution is 9.10. The minimum Gasteiger partial charge on any atom is -0.308 e. The number of aromatic nitrogens is 4. The predicted octanol–water partition coefficient (Wildman–Crippen LogP) is 2.62. The topological polar surface area (TPSA) is 81.1 Å². The van der Waals surface area contributed by atoms with Crippen molar-refractivity contribution in [2.75, 3.05) is 5.43 Å². The normalized spacial score (nSPS) is 9.84. The van der Waals surface area contributed by atoms with Gasteiger partial charge in [-0.25, -0.2) is 10.8 Å². The van der Waals surface area contributed by atoms with Gasteiger partial charge < -0.3 is 5.43 Å². The summed E-state index contributed by atoms with van der Waals surface area (Å²) in [5, 5.41) is 7.60. The first kappa shape index (κ1) is 13.9. The molecular formula is C11H10Br2N6. The molecular weight excluding hydrogens is 376 g/mol. The number of anilines is 1. The van der Waals surface area contributed by atoms with Crippen molar-refractivity contribution >= 4 is 43.3 Å². The molecule has 0 aliphatic carbocycles. The molecule has 0 saturated heterocycles. The average Bonchev–Trinajstić information content (AvgIpc) is 2.86. The molecule has 0 unspecified atom stereocenters. The van der Waals surface area contributed by atoms with E-state index >= 15 is 0 Å². The minimum atomic E-state index is 0.657. The zero-order chi connectivity index (χ0) is 13.7. The zero-order valence-corrected chi connectivity index (χ0v) is 12.8. The molecule has 0 radical (unpaired) electrons. The molecule has 0 aliphatic heterocycles. The number of nitrogen functional groups attached to an aromatic ring is 1. The lowest BCUT2D eigenvalue weighted by atomic mass is 10.5. The van der Waals surface area contributed by atoms with E-state index in [1.54, 1.807) is 18.6 Å². The van der Waals surface area contributed by atoms with Crippen LogP contribution in [0, 0.1) is 0 Å². The highest BCUT2D eigenvalue weighted by Crippen LogP contribution is 2.11. The lowest BCUT2D eigenvalue weighted by Crippen LogP contribution is -2.07. The van der Waals surface area contributed by atoms with E-state index in [1.807, 2.05) is 28.8 Å². The van der Waals surface area contributed by atoms with Gasteiger partial charge in [0.05, 0.1) is 0 Å². The summed E-state index contributed by atoms with van der Waals surface area (Å²) in [4.78, 5) is 3.89. The van der Waals surface area contributed by atoms with Crippen molar-refractivity contribution in [3.63, 3.8) is 0 Å². The monoisotopic (exact) mass is 384 g/mol. The largest absolute Gasteiger partial charge is 0.308 e. The molecule has 3 aromatic rings. The lowest BCUT2D eigenvalue weighted by molar-refractivity contribution is 1.10. The van der Waals surface area contributed by atoms with E-state index in [0.29, 0.717) is 5.82 Å². The van der Waals surface area contributed by atoms with Gasteiger partial charge in [0.2, 0.25) is 0 Å². The number of fused-ring (bicyclic) bond motifs is 1. The molecule has 19 heavy (non-hydrogen) atoms. The van der Waals surface area contributed by atoms with E-state index in [9.17, 15) is 0 Å². The zero-order valence-electron chi connectivity index (χ0n) is 9.66. The number of hydrazine groups is 1. The minimum absolute atomic E-state index is 0.657. The molecule has 3 heterocycles. The Morgan fingerprint density at radius 3 is 2.63 bits per heavy atom. The summed E-state index contributed by atoms with van der Waals surface area (Å²) in [7, 11) is 0. The van der Waals surface area contributed by atoms with Crippen molar-refractivity contribution in [3.05, 3.63) is 51.9 Å². The van der Waals surface area contributed by atoms with Gasteiger partial charge in [0.15, 0.2) is 5.65 Å². The summed E-state index contributed by atoms with van der Waals surface area (Å²) in [6.07, 6.45) is 5.24. The quantitative estimate of drug-likeness (QED) is 0.497. The Hall–Kier alpha value is -1.51. The maximum Gasteiger partial charge on any atom is 0.161 e. The Labute approximate surface area is 126 Å². The second kappa shape index (κ2) is 6.60. The van der Waals surface area contributed by atoms with Crippen molar-refractivity contribution in [2.24, 2.45) is 5.84 Å². The van der Waals surface area contributed by atoms with Crippen LogP contribution in [0.15, 0.2) is 51.9 Å². The average molecular weight is 386 g/mol. The summed E-state index contributed by atoms with van der Waals surface area (Å²) in [6, 6.07) is 7.48. The van der Waals surface area contributed by atoms with Crippen molar-refractivity contribution in [1.29, 1.82) is 0 Å².